The Morgan fingerprint density at radius 2 is 1.82 bits per heavy atom. The van der Waals surface area contributed by atoms with Crippen LogP contribution in [0.4, 0.5) is 32.6 Å². The number of hydrogen-bond acceptors (Lipinski definition) is 2. The molecule has 3 aliphatic rings. The van der Waals surface area contributed by atoms with Crippen LogP contribution in [0.5, 0.6) is 0 Å². The first-order chi connectivity index (χ1) is 13.0. The molecule has 1 aromatic heterocycles. The Hall–Kier alpha value is -1.14. The van der Waals surface area contributed by atoms with E-state index in [0.29, 0.717) is 12.0 Å². The molecular formula is C17H20F5IN4O. The van der Waals surface area contributed by atoms with Crippen LogP contribution in [0.15, 0.2) is 0 Å². The third-order valence-corrected chi connectivity index (χ3v) is 6.95. The van der Waals surface area contributed by atoms with Crippen molar-refractivity contribution < 1.29 is 26.7 Å². The lowest BCUT2D eigenvalue weighted by molar-refractivity contribution is -0.214. The second kappa shape index (κ2) is 6.69. The van der Waals surface area contributed by atoms with Gasteiger partial charge in [-0.05, 0) is 31.6 Å². The van der Waals surface area contributed by atoms with Gasteiger partial charge in [-0.15, -0.1) is 0 Å². The Morgan fingerprint density at radius 1 is 1.18 bits per heavy atom. The molecule has 0 radical (unpaired) electrons. The van der Waals surface area contributed by atoms with Crippen molar-refractivity contribution in [1.29, 1.82) is 0 Å². The van der Waals surface area contributed by atoms with Crippen molar-refractivity contribution >= 4 is 34.7 Å². The highest BCUT2D eigenvalue weighted by atomic mass is 127. The first-order valence-electron chi connectivity index (χ1n) is 9.34. The van der Waals surface area contributed by atoms with E-state index in [0.717, 1.165) is 19.3 Å². The predicted molar refractivity (Wildman–Crippen MR) is 99.9 cm³/mol. The van der Waals surface area contributed by atoms with Crippen LogP contribution < -0.4 is 10.6 Å². The monoisotopic (exact) mass is 518 g/mol. The minimum absolute atomic E-state index is 0.00728. The van der Waals surface area contributed by atoms with Gasteiger partial charge in [0.15, 0.2) is 0 Å². The summed E-state index contributed by atoms with van der Waals surface area (Å²) in [4.78, 5) is 12.3. The number of anilines is 1. The maximum absolute atomic E-state index is 13.9. The quantitative estimate of drug-likeness (QED) is 0.423. The number of amides is 2. The molecule has 0 bridgehead atoms. The van der Waals surface area contributed by atoms with Crippen LogP contribution >= 0.6 is 22.9 Å². The minimum atomic E-state index is -4.41. The predicted octanol–water partition coefficient (Wildman–Crippen LogP) is 5.25. The van der Waals surface area contributed by atoms with E-state index in [2.05, 4.69) is 15.7 Å². The molecule has 1 aromatic rings. The molecule has 4 rings (SSSR count). The molecule has 11 heteroatoms. The van der Waals surface area contributed by atoms with Crippen molar-refractivity contribution in [2.75, 3.05) is 5.32 Å². The number of alkyl halides is 5. The van der Waals surface area contributed by atoms with Crippen molar-refractivity contribution in [3.8, 4) is 0 Å². The van der Waals surface area contributed by atoms with E-state index in [1.165, 1.54) is 2.90 Å². The summed E-state index contributed by atoms with van der Waals surface area (Å²) >= 11 is 1.76. The molecule has 156 valence electrons. The van der Waals surface area contributed by atoms with E-state index in [-0.39, 0.29) is 30.3 Å². The fraction of sp³-hybridized carbons (Fsp3) is 0.765. The van der Waals surface area contributed by atoms with Crippen molar-refractivity contribution in [2.45, 2.75) is 80.8 Å². The molecule has 3 aliphatic carbocycles. The standard InChI is InChI=1S/C17H20F5IN4O/c18-16(19)7-10(8-16)24-14(28)25-13-11(9-3-1-4-9)12(26-27(13)23)15(5-2-6-15)17(20,21)22/h9-10H,1-8H2,(H2,24,25,28). The number of carbonyl (C=O) groups is 1. The lowest BCUT2D eigenvalue weighted by Crippen LogP contribution is -2.51. The lowest BCUT2D eigenvalue weighted by atomic mass is 9.63. The van der Waals surface area contributed by atoms with E-state index >= 15 is 0 Å². The van der Waals surface area contributed by atoms with Crippen molar-refractivity contribution in [3.05, 3.63) is 11.3 Å². The molecule has 2 N–H and O–H groups in total. The Morgan fingerprint density at radius 3 is 2.25 bits per heavy atom. The highest BCUT2D eigenvalue weighted by molar-refractivity contribution is 14.1. The van der Waals surface area contributed by atoms with Crippen LogP contribution in [0.1, 0.15) is 68.5 Å². The van der Waals surface area contributed by atoms with Gasteiger partial charge < -0.3 is 5.32 Å². The molecular weight excluding hydrogens is 498 g/mol. The Balaban J connectivity index is 1.61. The number of rotatable bonds is 4. The van der Waals surface area contributed by atoms with Gasteiger partial charge >= 0.3 is 12.2 Å². The summed E-state index contributed by atoms with van der Waals surface area (Å²) in [5.41, 5.74) is -1.50. The number of urea groups is 1. The van der Waals surface area contributed by atoms with Gasteiger partial charge in [0.2, 0.25) is 0 Å². The maximum atomic E-state index is 13.9. The highest BCUT2D eigenvalue weighted by Crippen LogP contribution is 2.58. The molecule has 3 saturated carbocycles. The van der Waals surface area contributed by atoms with Gasteiger partial charge in [0, 0.05) is 24.4 Å². The normalized spacial score (nSPS) is 24.1. The average Bonchev–Trinajstić information content (AvgIpc) is 2.70. The molecule has 0 aromatic carbocycles. The second-order valence-electron chi connectivity index (χ2n) is 8.09. The van der Waals surface area contributed by atoms with Gasteiger partial charge in [-0.3, -0.25) is 5.32 Å². The van der Waals surface area contributed by atoms with E-state index in [9.17, 15) is 26.7 Å². The summed E-state index contributed by atoms with van der Waals surface area (Å²) in [6.45, 7) is 0. The van der Waals surface area contributed by atoms with Crippen LogP contribution in [0, 0.1) is 0 Å². The van der Waals surface area contributed by atoms with Crippen LogP contribution in [0.3, 0.4) is 0 Å². The number of aromatic nitrogens is 2. The smallest absolute Gasteiger partial charge is 0.335 e. The molecule has 1 heterocycles. The van der Waals surface area contributed by atoms with Gasteiger partial charge in [0.25, 0.3) is 5.92 Å². The fourth-order valence-corrected chi connectivity index (χ4v) is 4.83. The number of hydrogen-bond donors (Lipinski definition) is 2. The van der Waals surface area contributed by atoms with Crippen molar-refractivity contribution in [2.24, 2.45) is 0 Å². The summed E-state index contributed by atoms with van der Waals surface area (Å²) < 4.78 is 68.8. The third-order valence-electron chi connectivity index (χ3n) is 6.26. The second-order valence-corrected chi connectivity index (χ2v) is 9.01. The Kier molecular flexibility index (Phi) is 4.82. The Labute approximate surface area is 172 Å². The Bertz CT molecular complexity index is 777. The van der Waals surface area contributed by atoms with E-state index in [1.807, 2.05) is 0 Å². The zero-order valence-corrected chi connectivity index (χ0v) is 17.0. The van der Waals surface area contributed by atoms with Gasteiger partial charge in [0.1, 0.15) is 11.2 Å². The molecule has 5 nitrogen and oxygen atoms in total. The molecule has 0 atom stereocenters. The first kappa shape index (κ1) is 20.1. The molecule has 2 amide bonds. The maximum Gasteiger partial charge on any atom is 0.400 e. The lowest BCUT2D eigenvalue weighted by Gasteiger charge is -2.43. The van der Waals surface area contributed by atoms with Crippen LogP contribution in [-0.4, -0.2) is 32.2 Å². The average molecular weight is 518 g/mol. The largest absolute Gasteiger partial charge is 0.400 e. The van der Waals surface area contributed by atoms with E-state index < -0.39 is 42.4 Å². The fourth-order valence-electron chi connectivity index (χ4n) is 4.23. The number of nitrogens with one attached hydrogen (secondary N) is 2. The molecule has 3 fully saturated rings. The molecule has 0 saturated heterocycles. The van der Waals surface area contributed by atoms with Gasteiger partial charge in [-0.2, -0.15) is 21.2 Å². The summed E-state index contributed by atoms with van der Waals surface area (Å²) in [5.74, 6) is -2.63. The summed E-state index contributed by atoms with van der Waals surface area (Å²) in [5, 5.41) is 9.22. The summed E-state index contributed by atoms with van der Waals surface area (Å²) in [6.07, 6.45) is -2.40. The molecule has 0 unspecified atom stereocenters. The van der Waals surface area contributed by atoms with Gasteiger partial charge in [-0.1, -0.05) is 12.8 Å². The van der Waals surface area contributed by atoms with Crippen molar-refractivity contribution in [3.63, 3.8) is 0 Å². The number of carbonyl (C=O) groups excluding carboxylic acids is 1. The van der Waals surface area contributed by atoms with E-state index in [4.69, 9.17) is 0 Å². The van der Waals surface area contributed by atoms with Crippen LogP contribution in [0.2, 0.25) is 0 Å². The van der Waals surface area contributed by atoms with E-state index in [1.54, 1.807) is 22.9 Å². The van der Waals surface area contributed by atoms with Gasteiger partial charge in [-0.25, -0.2) is 13.6 Å². The highest BCUT2D eigenvalue weighted by Gasteiger charge is 2.62. The number of halogens is 6. The van der Waals surface area contributed by atoms with Crippen molar-refractivity contribution in [1.82, 2.24) is 13.3 Å². The first-order valence-corrected chi connectivity index (χ1v) is 10.3. The zero-order chi connectivity index (χ0) is 20.3. The summed E-state index contributed by atoms with van der Waals surface area (Å²) in [6, 6.07) is -1.33. The molecule has 28 heavy (non-hydrogen) atoms. The van der Waals surface area contributed by atoms with Gasteiger partial charge in [0.05, 0.1) is 28.6 Å². The molecule has 0 aliphatic heterocycles. The summed E-state index contributed by atoms with van der Waals surface area (Å²) in [7, 11) is 0. The topological polar surface area (TPSA) is 59.0 Å². The van der Waals surface area contributed by atoms with Crippen LogP contribution in [-0.2, 0) is 5.41 Å². The number of nitrogens with zero attached hydrogens (tertiary/aromatic N) is 2. The minimum Gasteiger partial charge on any atom is -0.335 e. The zero-order valence-electron chi connectivity index (χ0n) is 14.9. The third kappa shape index (κ3) is 3.26. The van der Waals surface area contributed by atoms with Crippen LogP contribution in [0.25, 0.3) is 0 Å². The SMILES string of the molecule is O=C(Nc1c(C2CCC2)c(C2(C(F)(F)F)CCC2)nn1I)NC1CC(F)(F)C1. The molecule has 0 spiro atoms.